The number of rotatable bonds is 15. The van der Waals surface area contributed by atoms with E-state index in [1.165, 1.54) is 16.7 Å². The van der Waals surface area contributed by atoms with Gasteiger partial charge in [-0.3, -0.25) is 0 Å². The number of hydrogen-bond acceptors (Lipinski definition) is 2. The number of ether oxygens (including phenoxy) is 2. The molecule has 2 rings (SSSR count). The lowest BCUT2D eigenvalue weighted by molar-refractivity contribution is -0.904. The highest BCUT2D eigenvalue weighted by Crippen LogP contribution is 2.40. The van der Waals surface area contributed by atoms with E-state index in [9.17, 15) is 0 Å². The Hall–Kier alpha value is -0.970. The van der Waals surface area contributed by atoms with Gasteiger partial charge in [0.2, 0.25) is 0 Å². The van der Waals surface area contributed by atoms with E-state index >= 15 is 0 Å². The average molecular weight is 545 g/mol. The Kier molecular flexibility index (Phi) is 14.6. The molecule has 0 N–H and O–H groups in total. The summed E-state index contributed by atoms with van der Waals surface area (Å²) < 4.78 is 13.0. The number of hydrogen-bond donors (Lipinski definition) is 0. The Labute approximate surface area is 230 Å². The summed E-state index contributed by atoms with van der Waals surface area (Å²) in [5.41, 5.74) is 3.86. The van der Waals surface area contributed by atoms with Crippen LogP contribution in [-0.4, -0.2) is 44.9 Å². The molecule has 0 spiro atoms. The third-order valence-electron chi connectivity index (χ3n) is 6.82. The Morgan fingerprint density at radius 1 is 0.800 bits per heavy atom. The Morgan fingerprint density at radius 2 is 1.40 bits per heavy atom. The van der Waals surface area contributed by atoms with Crippen LogP contribution in [0.25, 0.3) is 0 Å². The molecule has 0 saturated heterocycles. The van der Waals surface area contributed by atoms with Crippen LogP contribution in [0.3, 0.4) is 0 Å². The van der Waals surface area contributed by atoms with Crippen LogP contribution in [-0.2, 0) is 11.3 Å². The maximum absolute atomic E-state index is 6.76. The van der Waals surface area contributed by atoms with Gasteiger partial charge in [-0.15, -0.1) is 0 Å². The first-order valence-corrected chi connectivity index (χ1v) is 13.6. The predicted molar refractivity (Wildman–Crippen MR) is 147 cm³/mol. The van der Waals surface area contributed by atoms with E-state index in [2.05, 4.69) is 66.1 Å². The summed E-state index contributed by atoms with van der Waals surface area (Å²) in [6.07, 6.45) is 4.39. The van der Waals surface area contributed by atoms with Crippen LogP contribution in [0.15, 0.2) is 36.4 Å². The molecular weight excluding hydrogens is 501 g/mol. The van der Waals surface area contributed by atoms with Crippen molar-refractivity contribution in [3.63, 3.8) is 0 Å². The van der Waals surface area contributed by atoms with Crippen molar-refractivity contribution >= 4 is 23.2 Å². The summed E-state index contributed by atoms with van der Waals surface area (Å²) in [7, 11) is 4.44. The van der Waals surface area contributed by atoms with Gasteiger partial charge in [0, 0.05) is 10.6 Å². The van der Waals surface area contributed by atoms with Gasteiger partial charge < -0.3 is 26.4 Å². The molecule has 0 aliphatic rings. The van der Waals surface area contributed by atoms with Crippen LogP contribution in [0.5, 0.6) is 5.75 Å². The first kappa shape index (κ1) is 32.1. The Morgan fingerprint density at radius 3 is 1.97 bits per heavy atom. The van der Waals surface area contributed by atoms with Crippen molar-refractivity contribution < 1.29 is 26.4 Å². The first-order valence-electron chi connectivity index (χ1n) is 12.8. The van der Waals surface area contributed by atoms with Crippen molar-refractivity contribution in [2.75, 3.05) is 40.5 Å². The summed E-state index contributed by atoms with van der Waals surface area (Å²) in [4.78, 5) is 0. The van der Waals surface area contributed by atoms with Gasteiger partial charge in [0.15, 0.2) is 0 Å². The lowest BCUT2D eigenvalue weighted by atomic mass is 9.87. The standard InChI is InChI=1S/C29H44Cl2NO2.ClH/c1-7-23(8-2)25-19-27(24(9-3)10-4)29(28(31)20-25)34-18-17-33-16-15-32(5,6)21-22-11-13-26(30)14-12-22;/h11-14,19-20,23-24H,7-10,15-18,21H2,1-6H3;1H/q+1;/p-1. The quantitative estimate of drug-likeness (QED) is 0.218. The molecule has 0 heterocycles. The van der Waals surface area contributed by atoms with Crippen LogP contribution in [0.2, 0.25) is 10.0 Å². The van der Waals surface area contributed by atoms with Gasteiger partial charge in [0.25, 0.3) is 0 Å². The molecular formula is C29H44Cl3NO2. The van der Waals surface area contributed by atoms with Crippen molar-refractivity contribution in [3.8, 4) is 5.75 Å². The van der Waals surface area contributed by atoms with Gasteiger partial charge in [-0.25, -0.2) is 0 Å². The molecule has 35 heavy (non-hydrogen) atoms. The molecule has 0 atom stereocenters. The molecule has 2 aromatic rings. The van der Waals surface area contributed by atoms with Crippen molar-refractivity contribution in [2.45, 2.75) is 71.8 Å². The molecule has 0 unspecified atom stereocenters. The maximum Gasteiger partial charge on any atom is 0.141 e. The van der Waals surface area contributed by atoms with E-state index in [-0.39, 0.29) is 12.4 Å². The highest BCUT2D eigenvalue weighted by molar-refractivity contribution is 6.32. The van der Waals surface area contributed by atoms with Crippen LogP contribution < -0.4 is 17.1 Å². The van der Waals surface area contributed by atoms with Crippen molar-refractivity contribution in [2.24, 2.45) is 0 Å². The topological polar surface area (TPSA) is 18.5 Å². The molecule has 0 bridgehead atoms. The van der Waals surface area contributed by atoms with E-state index < -0.39 is 0 Å². The van der Waals surface area contributed by atoms with Crippen molar-refractivity contribution in [1.82, 2.24) is 0 Å². The van der Waals surface area contributed by atoms with Crippen LogP contribution in [0, 0.1) is 0 Å². The average Bonchev–Trinajstić information content (AvgIpc) is 2.80. The second-order valence-corrected chi connectivity index (χ2v) is 10.7. The van der Waals surface area contributed by atoms with Crippen molar-refractivity contribution in [3.05, 3.63) is 63.1 Å². The zero-order valence-electron chi connectivity index (χ0n) is 22.4. The number of benzene rings is 2. The van der Waals surface area contributed by atoms with E-state index in [1.54, 1.807) is 0 Å². The fourth-order valence-electron chi connectivity index (χ4n) is 4.60. The summed E-state index contributed by atoms with van der Waals surface area (Å²) in [5, 5.41) is 1.50. The fraction of sp³-hybridized carbons (Fsp3) is 0.586. The molecule has 0 aliphatic carbocycles. The second-order valence-electron chi connectivity index (χ2n) is 9.85. The zero-order chi connectivity index (χ0) is 25.1. The molecule has 0 aromatic heterocycles. The normalized spacial score (nSPS) is 11.7. The van der Waals surface area contributed by atoms with Gasteiger partial charge in [-0.05, 0) is 66.8 Å². The van der Waals surface area contributed by atoms with E-state index in [0.717, 1.165) is 59.1 Å². The number of halogens is 3. The molecule has 2 aromatic carbocycles. The largest absolute Gasteiger partial charge is 1.00 e. The summed E-state index contributed by atoms with van der Waals surface area (Å²) in [6, 6.07) is 12.5. The minimum absolute atomic E-state index is 0. The summed E-state index contributed by atoms with van der Waals surface area (Å²) >= 11 is 12.8. The highest BCUT2D eigenvalue weighted by atomic mass is 35.5. The maximum atomic E-state index is 6.76. The monoisotopic (exact) mass is 543 g/mol. The Balaban J connectivity index is 0.00000612. The van der Waals surface area contributed by atoms with E-state index in [1.807, 2.05) is 12.1 Å². The third-order valence-corrected chi connectivity index (χ3v) is 7.35. The molecule has 0 amide bonds. The Bertz CT molecular complexity index is 863. The lowest BCUT2D eigenvalue weighted by Gasteiger charge is -2.29. The molecule has 6 heteroatoms. The molecule has 3 nitrogen and oxygen atoms in total. The number of nitrogens with zero attached hydrogens (tertiary/aromatic N) is 1. The number of likely N-dealkylation sites (N-methyl/N-ethyl adjacent to an activating group) is 1. The summed E-state index contributed by atoms with van der Waals surface area (Å²) in [5.74, 6) is 1.83. The van der Waals surface area contributed by atoms with Gasteiger partial charge in [-0.2, -0.15) is 0 Å². The van der Waals surface area contributed by atoms with E-state index in [0.29, 0.717) is 31.7 Å². The zero-order valence-corrected chi connectivity index (χ0v) is 24.6. The smallest absolute Gasteiger partial charge is 0.141 e. The van der Waals surface area contributed by atoms with Crippen molar-refractivity contribution in [1.29, 1.82) is 0 Å². The predicted octanol–water partition coefficient (Wildman–Crippen LogP) is 5.48. The number of quaternary nitrogens is 1. The van der Waals surface area contributed by atoms with E-state index in [4.69, 9.17) is 32.7 Å². The summed E-state index contributed by atoms with van der Waals surface area (Å²) in [6.45, 7) is 12.6. The van der Waals surface area contributed by atoms with Gasteiger partial charge in [-0.1, -0.05) is 69.1 Å². The molecule has 0 fully saturated rings. The minimum Gasteiger partial charge on any atom is -1.00 e. The van der Waals surface area contributed by atoms with Crippen LogP contribution in [0.1, 0.15) is 81.9 Å². The first-order chi connectivity index (χ1) is 16.2. The molecule has 0 saturated carbocycles. The van der Waals surface area contributed by atoms with Gasteiger partial charge in [0.05, 0.1) is 32.3 Å². The SMILES string of the molecule is CCC(CC)c1cc(Cl)c(OCCOCC[N+](C)(C)Cc2ccc(Cl)cc2)c(C(CC)CC)c1.[Cl-]. The molecule has 0 radical (unpaired) electrons. The third kappa shape index (κ3) is 10.1. The van der Waals surface area contributed by atoms with Crippen LogP contribution >= 0.6 is 23.2 Å². The van der Waals surface area contributed by atoms with Crippen LogP contribution in [0.4, 0.5) is 0 Å². The lowest BCUT2D eigenvalue weighted by Crippen LogP contribution is -3.00. The van der Waals surface area contributed by atoms with Gasteiger partial charge in [0.1, 0.15) is 25.4 Å². The fourth-order valence-corrected chi connectivity index (χ4v) is 5.01. The molecule has 198 valence electrons. The molecule has 0 aliphatic heterocycles. The minimum atomic E-state index is 0. The highest BCUT2D eigenvalue weighted by Gasteiger charge is 2.20. The second kappa shape index (κ2) is 16.0. The van der Waals surface area contributed by atoms with Gasteiger partial charge >= 0.3 is 0 Å².